The van der Waals surface area contributed by atoms with Crippen LogP contribution < -0.4 is 0 Å². The number of hydrogen-bond donors (Lipinski definition) is 1. The normalized spacial score (nSPS) is 12.7. The number of hydrogen-bond acceptors (Lipinski definition) is 2. The molecule has 0 amide bonds. The van der Waals surface area contributed by atoms with Crippen LogP contribution in [-0.4, -0.2) is 18.2 Å². The highest BCUT2D eigenvalue weighted by Gasteiger charge is 2.13. The van der Waals surface area contributed by atoms with Crippen molar-refractivity contribution >= 4 is 34.1 Å². The molecule has 66 valence electrons. The van der Waals surface area contributed by atoms with Gasteiger partial charge in [0.2, 0.25) is 0 Å². The minimum atomic E-state index is -3.75. The Balaban J connectivity index is -0.000000245. The number of halogens is 2. The van der Waals surface area contributed by atoms with Gasteiger partial charge in [-0.05, 0) is 13.3 Å². The minimum absolute atomic E-state index is 0. The molecule has 0 bridgehead atoms. The molecule has 0 aromatic carbocycles. The summed E-state index contributed by atoms with van der Waals surface area (Å²) < 4.78 is 28.5. The fraction of sp³-hybridized carbons (Fsp3) is 1.00. The van der Waals surface area contributed by atoms with Crippen molar-refractivity contribution in [3.05, 3.63) is 0 Å². The third kappa shape index (κ3) is 6.69. The molecule has 0 aromatic rings. The smallest absolute Gasteiger partial charge is 0.267 e. The van der Waals surface area contributed by atoms with E-state index in [-0.39, 0.29) is 28.7 Å². The van der Waals surface area contributed by atoms with Crippen molar-refractivity contribution in [3.8, 4) is 0 Å². The lowest BCUT2D eigenvalue weighted by molar-refractivity contribution is 0.468. The summed E-state index contributed by atoms with van der Waals surface area (Å²) in [5.74, 6) is 0. The van der Waals surface area contributed by atoms with Crippen LogP contribution in [0.2, 0.25) is 0 Å². The predicted molar refractivity (Wildman–Crippen MR) is 49.2 cm³/mol. The average Bonchev–Trinajstić information content (AvgIpc) is 1.62. The second-order valence-corrected chi connectivity index (χ2v) is 3.57. The molecule has 10 heavy (non-hydrogen) atoms. The van der Waals surface area contributed by atoms with Crippen molar-refractivity contribution in [2.45, 2.75) is 25.5 Å². The summed E-state index contributed by atoms with van der Waals surface area (Å²) in [5.41, 5.74) is 0. The molecular weight excluding hydrogens is 274 g/mol. The van der Waals surface area contributed by atoms with Gasteiger partial charge in [-0.25, -0.2) is 0 Å². The van der Waals surface area contributed by atoms with E-state index in [1.807, 2.05) is 0 Å². The number of rotatable bonds is 2. The molecule has 0 aliphatic rings. The van der Waals surface area contributed by atoms with Crippen molar-refractivity contribution in [1.29, 1.82) is 0 Å². The monoisotopic (exact) mass is 286 g/mol. The van der Waals surface area contributed by atoms with Gasteiger partial charge in [-0.1, -0.05) is 6.92 Å². The molecule has 0 aromatic heterocycles. The Bertz CT molecular complexity index is 156. The summed E-state index contributed by atoms with van der Waals surface area (Å²) in [6.07, 6.45) is 0.457. The van der Waals surface area contributed by atoms with Crippen LogP contribution in [0.15, 0.2) is 0 Å². The fourth-order valence-corrected chi connectivity index (χ4v) is 0.632. The van der Waals surface area contributed by atoms with Gasteiger partial charge in [0.1, 0.15) is 0 Å². The lowest BCUT2D eigenvalue weighted by Crippen LogP contribution is -2.14. The zero-order chi connectivity index (χ0) is 6.78. The van der Waals surface area contributed by atoms with E-state index in [1.54, 1.807) is 6.92 Å². The van der Waals surface area contributed by atoms with Crippen LogP contribution in [0.1, 0.15) is 20.3 Å². The zero-order valence-corrected chi connectivity index (χ0v) is 8.92. The summed E-state index contributed by atoms with van der Waals surface area (Å²) in [6.45, 7) is 3.17. The van der Waals surface area contributed by atoms with Gasteiger partial charge in [-0.2, -0.15) is 8.42 Å². The Morgan fingerprint density at radius 1 is 1.50 bits per heavy atom. The fourth-order valence-electron chi connectivity index (χ4n) is 0.211. The maximum absolute atomic E-state index is 10.1. The standard InChI is InChI=1S/C4H10O3S.FH.HI/c1-3-4(2)8(5,6)7;;/h4H,3H2,1-2H3,(H,5,6,7);2*1H. The molecule has 0 rings (SSSR count). The first-order valence-corrected chi connectivity index (χ1v) is 3.95. The van der Waals surface area contributed by atoms with E-state index in [1.165, 1.54) is 6.92 Å². The van der Waals surface area contributed by atoms with Gasteiger partial charge in [-0.3, -0.25) is 9.26 Å². The Kier molecular flexibility index (Phi) is 10.6. The quantitative estimate of drug-likeness (QED) is 0.617. The van der Waals surface area contributed by atoms with E-state index >= 15 is 0 Å². The van der Waals surface area contributed by atoms with Crippen LogP contribution in [0.5, 0.6) is 0 Å². The lowest BCUT2D eigenvalue weighted by Gasteiger charge is -2.00. The third-order valence-electron chi connectivity index (χ3n) is 1.08. The summed E-state index contributed by atoms with van der Waals surface area (Å²) >= 11 is 0. The van der Waals surface area contributed by atoms with Gasteiger partial charge < -0.3 is 0 Å². The average molecular weight is 286 g/mol. The Hall–Kier alpha value is 0.570. The van der Waals surface area contributed by atoms with Gasteiger partial charge in [-0.15, -0.1) is 24.0 Å². The van der Waals surface area contributed by atoms with E-state index in [2.05, 4.69) is 0 Å². The van der Waals surface area contributed by atoms with E-state index in [0.29, 0.717) is 6.42 Å². The molecule has 0 heterocycles. The van der Waals surface area contributed by atoms with Crippen LogP contribution in [0.3, 0.4) is 0 Å². The lowest BCUT2D eigenvalue weighted by atomic mass is 10.4. The second-order valence-electron chi connectivity index (χ2n) is 1.73. The summed E-state index contributed by atoms with van der Waals surface area (Å²) in [4.78, 5) is 0. The molecule has 0 aliphatic heterocycles. The highest BCUT2D eigenvalue weighted by atomic mass is 127. The van der Waals surface area contributed by atoms with Crippen LogP contribution in [0.25, 0.3) is 0 Å². The minimum Gasteiger partial charge on any atom is -0.285 e. The topological polar surface area (TPSA) is 54.4 Å². The maximum Gasteiger partial charge on any atom is 0.267 e. The van der Waals surface area contributed by atoms with Gasteiger partial charge in [0.15, 0.2) is 0 Å². The SMILES string of the molecule is CCC(C)S(=O)(=O)O.F.I. The molecule has 1 atom stereocenters. The summed E-state index contributed by atoms with van der Waals surface area (Å²) in [5, 5.41) is -0.623. The van der Waals surface area contributed by atoms with E-state index < -0.39 is 15.4 Å². The maximum atomic E-state index is 10.1. The van der Waals surface area contributed by atoms with Crippen molar-refractivity contribution < 1.29 is 17.7 Å². The summed E-state index contributed by atoms with van der Waals surface area (Å²) in [6, 6.07) is 0. The van der Waals surface area contributed by atoms with Gasteiger partial charge in [0.25, 0.3) is 10.1 Å². The van der Waals surface area contributed by atoms with Gasteiger partial charge in [0, 0.05) is 0 Å². The molecule has 0 fully saturated rings. The Labute approximate surface area is 77.3 Å². The van der Waals surface area contributed by atoms with Gasteiger partial charge in [0.05, 0.1) is 5.25 Å². The first-order valence-electron chi connectivity index (χ1n) is 2.44. The van der Waals surface area contributed by atoms with E-state index in [9.17, 15) is 8.42 Å². The molecule has 0 saturated carbocycles. The molecule has 0 saturated heterocycles. The highest BCUT2D eigenvalue weighted by molar-refractivity contribution is 14.0. The zero-order valence-electron chi connectivity index (χ0n) is 5.77. The molecule has 3 nitrogen and oxygen atoms in total. The Morgan fingerprint density at radius 2 is 1.80 bits per heavy atom. The Morgan fingerprint density at radius 3 is 1.80 bits per heavy atom. The molecule has 1 N–H and O–H groups in total. The first kappa shape index (κ1) is 16.9. The molecule has 6 heteroatoms. The molecule has 0 aliphatic carbocycles. The van der Waals surface area contributed by atoms with Crippen molar-refractivity contribution in [3.63, 3.8) is 0 Å². The summed E-state index contributed by atoms with van der Waals surface area (Å²) in [7, 11) is -3.75. The first-order chi connectivity index (χ1) is 3.48. The molecule has 1 unspecified atom stereocenters. The second kappa shape index (κ2) is 6.29. The van der Waals surface area contributed by atoms with Crippen molar-refractivity contribution in [2.75, 3.05) is 0 Å². The van der Waals surface area contributed by atoms with Crippen LogP contribution in [-0.2, 0) is 10.1 Å². The molecular formula is C4H12FIO3S. The van der Waals surface area contributed by atoms with E-state index in [0.717, 1.165) is 0 Å². The van der Waals surface area contributed by atoms with Crippen LogP contribution in [0.4, 0.5) is 4.70 Å². The molecule has 0 radical (unpaired) electrons. The predicted octanol–water partition coefficient (Wildman–Crippen LogP) is 1.44. The van der Waals surface area contributed by atoms with Crippen molar-refractivity contribution in [2.24, 2.45) is 0 Å². The van der Waals surface area contributed by atoms with Crippen LogP contribution in [0, 0.1) is 0 Å². The van der Waals surface area contributed by atoms with E-state index in [4.69, 9.17) is 4.55 Å². The largest absolute Gasteiger partial charge is 0.285 e. The van der Waals surface area contributed by atoms with Crippen LogP contribution >= 0.6 is 24.0 Å². The molecule has 0 spiro atoms. The van der Waals surface area contributed by atoms with Crippen molar-refractivity contribution in [1.82, 2.24) is 0 Å². The third-order valence-corrected chi connectivity index (χ3v) is 2.43. The highest BCUT2D eigenvalue weighted by Crippen LogP contribution is 1.99. The van der Waals surface area contributed by atoms with Gasteiger partial charge >= 0.3 is 0 Å².